The Labute approximate surface area is 134 Å². The van der Waals surface area contributed by atoms with Crippen molar-refractivity contribution in [3.05, 3.63) is 0 Å². The number of hydrogen-bond acceptors (Lipinski definition) is 2. The van der Waals surface area contributed by atoms with Crippen LogP contribution in [0.3, 0.4) is 0 Å². The molecule has 1 fully saturated rings. The SMILES string of the molecule is CCCC(C)N(C)CC1(CNCC(C)C)CCCC(C)C1. The van der Waals surface area contributed by atoms with E-state index in [9.17, 15) is 0 Å². The molecule has 1 aliphatic rings. The molecule has 2 nitrogen and oxygen atoms in total. The van der Waals surface area contributed by atoms with Crippen molar-refractivity contribution in [3.8, 4) is 0 Å². The van der Waals surface area contributed by atoms with E-state index in [2.05, 4.69) is 51.9 Å². The largest absolute Gasteiger partial charge is 0.316 e. The summed E-state index contributed by atoms with van der Waals surface area (Å²) in [6.45, 7) is 15.4. The van der Waals surface area contributed by atoms with Gasteiger partial charge in [0.05, 0.1) is 0 Å². The Hall–Kier alpha value is -0.0800. The van der Waals surface area contributed by atoms with E-state index in [1.165, 1.54) is 51.6 Å². The monoisotopic (exact) mass is 296 g/mol. The van der Waals surface area contributed by atoms with Gasteiger partial charge in [-0.25, -0.2) is 0 Å². The van der Waals surface area contributed by atoms with Crippen molar-refractivity contribution in [1.29, 1.82) is 0 Å². The van der Waals surface area contributed by atoms with E-state index in [4.69, 9.17) is 0 Å². The fraction of sp³-hybridized carbons (Fsp3) is 1.00. The highest BCUT2D eigenvalue weighted by atomic mass is 15.1. The molecular formula is C19H40N2. The third-order valence-electron chi connectivity index (χ3n) is 5.28. The highest BCUT2D eigenvalue weighted by molar-refractivity contribution is 4.90. The second-order valence-corrected chi connectivity index (χ2v) is 8.28. The van der Waals surface area contributed by atoms with Gasteiger partial charge >= 0.3 is 0 Å². The molecule has 0 saturated heterocycles. The molecule has 3 unspecified atom stereocenters. The molecule has 0 aliphatic heterocycles. The fourth-order valence-electron chi connectivity index (χ4n) is 4.08. The first kappa shape index (κ1) is 19.0. The predicted octanol–water partition coefficient (Wildman–Crippen LogP) is 4.55. The van der Waals surface area contributed by atoms with Crippen LogP contribution in [-0.4, -0.2) is 37.6 Å². The van der Waals surface area contributed by atoms with Crippen molar-refractivity contribution >= 4 is 0 Å². The van der Waals surface area contributed by atoms with Gasteiger partial charge in [-0.15, -0.1) is 0 Å². The zero-order chi connectivity index (χ0) is 15.9. The van der Waals surface area contributed by atoms with Crippen molar-refractivity contribution in [2.24, 2.45) is 17.3 Å². The molecule has 1 rings (SSSR count). The lowest BCUT2D eigenvalue weighted by Gasteiger charge is -2.44. The zero-order valence-corrected chi connectivity index (χ0v) is 15.5. The molecule has 3 atom stereocenters. The van der Waals surface area contributed by atoms with Crippen molar-refractivity contribution in [2.45, 2.75) is 79.2 Å². The maximum atomic E-state index is 3.77. The van der Waals surface area contributed by atoms with Gasteiger partial charge in [0.25, 0.3) is 0 Å². The van der Waals surface area contributed by atoms with Crippen LogP contribution >= 0.6 is 0 Å². The van der Waals surface area contributed by atoms with Crippen LogP contribution < -0.4 is 5.32 Å². The van der Waals surface area contributed by atoms with E-state index < -0.39 is 0 Å². The first-order valence-electron chi connectivity index (χ1n) is 9.29. The molecule has 0 bridgehead atoms. The zero-order valence-electron chi connectivity index (χ0n) is 15.5. The van der Waals surface area contributed by atoms with Crippen LogP contribution in [0.2, 0.25) is 0 Å². The Morgan fingerprint density at radius 2 is 2.00 bits per heavy atom. The Kier molecular flexibility index (Phi) is 8.26. The normalized spacial score (nSPS) is 28.3. The van der Waals surface area contributed by atoms with Crippen LogP contribution in [0, 0.1) is 17.3 Å². The minimum atomic E-state index is 0.503. The third-order valence-corrected chi connectivity index (χ3v) is 5.28. The van der Waals surface area contributed by atoms with Gasteiger partial charge in [0, 0.05) is 19.1 Å². The maximum absolute atomic E-state index is 3.77. The first-order chi connectivity index (χ1) is 9.88. The van der Waals surface area contributed by atoms with E-state index in [-0.39, 0.29) is 0 Å². The molecular weight excluding hydrogens is 256 g/mol. The molecule has 126 valence electrons. The Bertz CT molecular complexity index is 277. The third kappa shape index (κ3) is 6.69. The molecule has 0 aromatic heterocycles. The molecule has 0 amide bonds. The Morgan fingerprint density at radius 1 is 1.29 bits per heavy atom. The van der Waals surface area contributed by atoms with Gasteiger partial charge in [0.1, 0.15) is 0 Å². The molecule has 1 aliphatic carbocycles. The van der Waals surface area contributed by atoms with Gasteiger partial charge in [-0.05, 0) is 57.0 Å². The number of hydrogen-bond donors (Lipinski definition) is 1. The lowest BCUT2D eigenvalue weighted by molar-refractivity contribution is 0.0733. The van der Waals surface area contributed by atoms with Gasteiger partial charge in [0.2, 0.25) is 0 Å². The lowest BCUT2D eigenvalue weighted by Crippen LogP contribution is -2.48. The second-order valence-electron chi connectivity index (χ2n) is 8.28. The lowest BCUT2D eigenvalue weighted by atomic mass is 9.69. The van der Waals surface area contributed by atoms with Gasteiger partial charge in [-0.3, -0.25) is 0 Å². The molecule has 0 aromatic carbocycles. The summed E-state index contributed by atoms with van der Waals surface area (Å²) in [5.41, 5.74) is 0.503. The summed E-state index contributed by atoms with van der Waals surface area (Å²) in [7, 11) is 2.34. The first-order valence-corrected chi connectivity index (χ1v) is 9.29. The van der Waals surface area contributed by atoms with Gasteiger partial charge in [-0.2, -0.15) is 0 Å². The predicted molar refractivity (Wildman–Crippen MR) is 94.8 cm³/mol. The van der Waals surface area contributed by atoms with Crippen LogP contribution in [0.1, 0.15) is 73.1 Å². The molecule has 1 saturated carbocycles. The minimum absolute atomic E-state index is 0.503. The molecule has 0 spiro atoms. The molecule has 0 aromatic rings. The molecule has 0 heterocycles. The molecule has 2 heteroatoms. The number of nitrogens with zero attached hydrogens (tertiary/aromatic N) is 1. The van der Waals surface area contributed by atoms with E-state index in [0.717, 1.165) is 18.4 Å². The van der Waals surface area contributed by atoms with Crippen molar-refractivity contribution in [2.75, 3.05) is 26.7 Å². The van der Waals surface area contributed by atoms with E-state index in [1.54, 1.807) is 0 Å². The van der Waals surface area contributed by atoms with Crippen molar-refractivity contribution in [3.63, 3.8) is 0 Å². The quantitative estimate of drug-likeness (QED) is 0.671. The summed E-state index contributed by atoms with van der Waals surface area (Å²) < 4.78 is 0. The summed E-state index contributed by atoms with van der Waals surface area (Å²) in [4.78, 5) is 2.62. The minimum Gasteiger partial charge on any atom is -0.316 e. The summed E-state index contributed by atoms with van der Waals surface area (Å²) in [5, 5.41) is 3.77. The number of nitrogens with one attached hydrogen (secondary N) is 1. The summed E-state index contributed by atoms with van der Waals surface area (Å²) in [6.07, 6.45) is 8.27. The van der Waals surface area contributed by atoms with Gasteiger partial charge in [-0.1, -0.05) is 47.0 Å². The summed E-state index contributed by atoms with van der Waals surface area (Å²) in [5.74, 6) is 1.65. The van der Waals surface area contributed by atoms with E-state index >= 15 is 0 Å². The molecule has 21 heavy (non-hydrogen) atoms. The summed E-state index contributed by atoms with van der Waals surface area (Å²) in [6, 6.07) is 0.717. The molecule has 1 N–H and O–H groups in total. The van der Waals surface area contributed by atoms with Crippen LogP contribution in [0.4, 0.5) is 0 Å². The van der Waals surface area contributed by atoms with Crippen molar-refractivity contribution in [1.82, 2.24) is 10.2 Å². The van der Waals surface area contributed by atoms with Crippen LogP contribution in [0.25, 0.3) is 0 Å². The maximum Gasteiger partial charge on any atom is 0.00640 e. The van der Waals surface area contributed by atoms with E-state index in [0.29, 0.717) is 11.5 Å². The topological polar surface area (TPSA) is 15.3 Å². The summed E-state index contributed by atoms with van der Waals surface area (Å²) >= 11 is 0. The highest BCUT2D eigenvalue weighted by Crippen LogP contribution is 2.39. The van der Waals surface area contributed by atoms with Crippen LogP contribution in [-0.2, 0) is 0 Å². The standard InChI is InChI=1S/C19H40N2/c1-7-9-18(5)21(6)15-19(14-20-13-16(2)3)11-8-10-17(4)12-19/h16-18,20H,7-15H2,1-6H3. The smallest absolute Gasteiger partial charge is 0.00640 e. The average molecular weight is 297 g/mol. The van der Waals surface area contributed by atoms with E-state index in [1.807, 2.05) is 0 Å². The Balaban J connectivity index is 2.62. The highest BCUT2D eigenvalue weighted by Gasteiger charge is 2.36. The Morgan fingerprint density at radius 3 is 2.57 bits per heavy atom. The van der Waals surface area contributed by atoms with Crippen LogP contribution in [0.5, 0.6) is 0 Å². The fourth-order valence-corrected chi connectivity index (χ4v) is 4.08. The van der Waals surface area contributed by atoms with Crippen LogP contribution in [0.15, 0.2) is 0 Å². The second kappa shape index (κ2) is 9.15. The molecule has 0 radical (unpaired) electrons. The van der Waals surface area contributed by atoms with Crippen molar-refractivity contribution < 1.29 is 0 Å². The van der Waals surface area contributed by atoms with Gasteiger partial charge in [0.15, 0.2) is 0 Å². The average Bonchev–Trinajstić information content (AvgIpc) is 2.38. The number of rotatable bonds is 9. The van der Waals surface area contributed by atoms with Gasteiger partial charge < -0.3 is 10.2 Å².